The van der Waals surface area contributed by atoms with Crippen LogP contribution in [0.1, 0.15) is 12.8 Å². The summed E-state index contributed by atoms with van der Waals surface area (Å²) in [7, 11) is 1.31. The summed E-state index contributed by atoms with van der Waals surface area (Å²) in [5, 5.41) is 9.44. The number of aliphatic hydroxyl groups is 1. The molecule has 4 nitrogen and oxygen atoms in total. The summed E-state index contributed by atoms with van der Waals surface area (Å²) in [5.74, 6) is -0.940. The first-order valence-electron chi connectivity index (χ1n) is 5.80. The highest BCUT2D eigenvalue weighted by atomic mass is 19.4. The number of rotatable bonds is 3. The van der Waals surface area contributed by atoms with Crippen molar-refractivity contribution in [1.29, 1.82) is 0 Å². The third-order valence-electron chi connectivity index (χ3n) is 4.27. The van der Waals surface area contributed by atoms with Gasteiger partial charge in [-0.1, -0.05) is 0 Å². The predicted octanol–water partition coefficient (Wildman–Crippen LogP) is 0.591. The first-order chi connectivity index (χ1) is 8.34. The van der Waals surface area contributed by atoms with Crippen molar-refractivity contribution in [3.8, 4) is 0 Å². The minimum absolute atomic E-state index is 0.162. The molecule has 1 N–H and O–H groups in total. The van der Waals surface area contributed by atoms with Crippen LogP contribution in [0.15, 0.2) is 0 Å². The van der Waals surface area contributed by atoms with E-state index in [0.717, 1.165) is 0 Å². The van der Waals surface area contributed by atoms with E-state index in [2.05, 4.69) is 0 Å². The lowest BCUT2D eigenvalue weighted by Gasteiger charge is -2.57. The molecule has 0 amide bonds. The molecule has 18 heavy (non-hydrogen) atoms. The van der Waals surface area contributed by atoms with E-state index in [1.807, 2.05) is 0 Å². The second-order valence-corrected chi connectivity index (χ2v) is 5.02. The quantitative estimate of drug-likeness (QED) is 0.813. The van der Waals surface area contributed by atoms with E-state index in [1.165, 1.54) is 7.11 Å². The first kappa shape index (κ1) is 13.8. The fourth-order valence-corrected chi connectivity index (χ4v) is 3.16. The maximum atomic E-state index is 13.2. The van der Waals surface area contributed by atoms with Gasteiger partial charge in [0.2, 0.25) is 0 Å². The molecule has 3 fully saturated rings. The van der Waals surface area contributed by atoms with E-state index < -0.39 is 29.5 Å². The number of piperidine rings is 3. The van der Waals surface area contributed by atoms with Crippen molar-refractivity contribution in [2.24, 2.45) is 5.41 Å². The summed E-state index contributed by atoms with van der Waals surface area (Å²) in [4.78, 5) is 13.9. The number of fused-ring (bicyclic) bond motifs is 3. The van der Waals surface area contributed by atoms with Crippen molar-refractivity contribution in [3.05, 3.63) is 0 Å². The molecule has 0 aromatic rings. The Balaban J connectivity index is 2.45. The van der Waals surface area contributed by atoms with Gasteiger partial charge in [0, 0.05) is 20.2 Å². The second kappa shape index (κ2) is 4.18. The highest BCUT2D eigenvalue weighted by molar-refractivity contribution is 5.96. The van der Waals surface area contributed by atoms with Gasteiger partial charge in [0.05, 0.1) is 13.2 Å². The molecule has 0 saturated carbocycles. The van der Waals surface area contributed by atoms with Gasteiger partial charge in [-0.05, 0) is 12.8 Å². The number of aliphatic hydroxyl groups excluding tert-OH is 1. The Morgan fingerprint density at radius 3 is 2.33 bits per heavy atom. The molecule has 3 aliphatic rings. The summed E-state index contributed by atoms with van der Waals surface area (Å²) in [6.07, 6.45) is -5.01. The van der Waals surface area contributed by atoms with Crippen LogP contribution in [-0.4, -0.2) is 60.9 Å². The zero-order valence-electron chi connectivity index (χ0n) is 10.1. The van der Waals surface area contributed by atoms with Crippen LogP contribution in [0.4, 0.5) is 13.2 Å². The van der Waals surface area contributed by atoms with Gasteiger partial charge in [0.15, 0.2) is 5.78 Å². The molecule has 0 aromatic carbocycles. The highest BCUT2D eigenvalue weighted by Gasteiger charge is 2.70. The summed E-state index contributed by atoms with van der Waals surface area (Å²) in [5.41, 5.74) is -3.83. The van der Waals surface area contributed by atoms with Crippen LogP contribution in [0.3, 0.4) is 0 Å². The van der Waals surface area contributed by atoms with Crippen molar-refractivity contribution in [2.75, 3.05) is 33.4 Å². The monoisotopic (exact) mass is 267 g/mol. The van der Waals surface area contributed by atoms with E-state index in [4.69, 9.17) is 4.74 Å². The van der Waals surface area contributed by atoms with Crippen LogP contribution in [-0.2, 0) is 9.53 Å². The molecule has 0 aliphatic carbocycles. The predicted molar refractivity (Wildman–Crippen MR) is 56.0 cm³/mol. The highest BCUT2D eigenvalue weighted by Crippen LogP contribution is 2.54. The molecule has 1 atom stereocenters. The molecule has 7 heteroatoms. The topological polar surface area (TPSA) is 49.8 Å². The van der Waals surface area contributed by atoms with Gasteiger partial charge in [-0.15, -0.1) is 0 Å². The van der Waals surface area contributed by atoms with Crippen molar-refractivity contribution in [3.63, 3.8) is 0 Å². The molecular weight excluding hydrogens is 251 g/mol. The Labute approximate surface area is 103 Å². The van der Waals surface area contributed by atoms with E-state index >= 15 is 0 Å². The van der Waals surface area contributed by atoms with Crippen LogP contribution in [0.25, 0.3) is 0 Å². The first-order valence-corrected chi connectivity index (χ1v) is 5.80. The van der Waals surface area contributed by atoms with Crippen LogP contribution in [0.2, 0.25) is 0 Å². The Bertz CT molecular complexity index is 350. The van der Waals surface area contributed by atoms with E-state index in [1.54, 1.807) is 4.90 Å². The average molecular weight is 267 g/mol. The summed E-state index contributed by atoms with van der Waals surface area (Å²) in [6.45, 7) is -0.526. The lowest BCUT2D eigenvalue weighted by atomic mass is 9.62. The molecule has 3 heterocycles. The summed E-state index contributed by atoms with van der Waals surface area (Å²) >= 11 is 0. The summed E-state index contributed by atoms with van der Waals surface area (Å²) in [6, 6.07) is 0. The third-order valence-corrected chi connectivity index (χ3v) is 4.27. The molecule has 3 saturated heterocycles. The minimum atomic E-state index is -4.56. The maximum Gasteiger partial charge on any atom is 0.401 e. The Morgan fingerprint density at radius 2 is 1.94 bits per heavy atom. The third kappa shape index (κ3) is 1.53. The van der Waals surface area contributed by atoms with E-state index in [0.29, 0.717) is 0 Å². The number of Topliss-reactive ketones (excluding diaryl/α,β-unsaturated/α-hetero) is 1. The number of hydrogen-bond donors (Lipinski definition) is 1. The molecule has 104 valence electrons. The minimum Gasteiger partial charge on any atom is -0.394 e. The van der Waals surface area contributed by atoms with Gasteiger partial charge in [-0.25, -0.2) is 0 Å². The molecule has 3 rings (SSSR count). The molecular formula is C11H16F3NO3. The normalized spacial score (nSPS) is 40.3. The van der Waals surface area contributed by atoms with E-state index in [-0.39, 0.29) is 32.5 Å². The smallest absolute Gasteiger partial charge is 0.394 e. The fourth-order valence-electron chi connectivity index (χ4n) is 3.16. The lowest BCUT2D eigenvalue weighted by Crippen LogP contribution is -2.75. The van der Waals surface area contributed by atoms with Crippen LogP contribution >= 0.6 is 0 Å². The molecule has 0 unspecified atom stereocenters. The van der Waals surface area contributed by atoms with Gasteiger partial charge in [-0.2, -0.15) is 13.2 Å². The van der Waals surface area contributed by atoms with Gasteiger partial charge < -0.3 is 9.84 Å². The Kier molecular flexibility index (Phi) is 3.19. The van der Waals surface area contributed by atoms with Crippen LogP contribution < -0.4 is 0 Å². The van der Waals surface area contributed by atoms with Crippen molar-refractivity contribution < 1.29 is 27.8 Å². The van der Waals surface area contributed by atoms with Gasteiger partial charge in [0.25, 0.3) is 0 Å². The standard InChI is InChI=1S/C11H16F3NO3/c1-18-7-10(6-16)8(17)9(11(12,13)14)2-4-15(10)5-3-9/h16H,2-7H2,1H3/t10-/m0/s1. The van der Waals surface area contributed by atoms with Gasteiger partial charge >= 0.3 is 6.18 Å². The molecule has 0 spiro atoms. The van der Waals surface area contributed by atoms with Gasteiger partial charge in [-0.3, -0.25) is 9.69 Å². The summed E-state index contributed by atoms with van der Waals surface area (Å²) < 4.78 is 44.6. The molecule has 0 radical (unpaired) electrons. The maximum absolute atomic E-state index is 13.2. The van der Waals surface area contributed by atoms with Crippen LogP contribution in [0, 0.1) is 5.41 Å². The number of alkyl halides is 3. The molecule has 0 aromatic heterocycles. The number of methoxy groups -OCH3 is 1. The van der Waals surface area contributed by atoms with Gasteiger partial charge in [0.1, 0.15) is 11.0 Å². The Hall–Kier alpha value is -0.660. The van der Waals surface area contributed by atoms with Crippen LogP contribution in [0.5, 0.6) is 0 Å². The van der Waals surface area contributed by atoms with Crippen molar-refractivity contribution >= 4 is 5.78 Å². The Morgan fingerprint density at radius 1 is 1.39 bits per heavy atom. The second-order valence-electron chi connectivity index (χ2n) is 5.02. The fraction of sp³-hybridized carbons (Fsp3) is 0.909. The number of halogens is 3. The van der Waals surface area contributed by atoms with E-state index in [9.17, 15) is 23.1 Å². The zero-order valence-corrected chi connectivity index (χ0v) is 10.1. The average Bonchev–Trinajstić information content (AvgIpc) is 2.33. The SMILES string of the molecule is COC[C@@]1(CO)C(=O)C2(C(F)(F)F)CCN1CC2. The molecule has 3 aliphatic heterocycles. The zero-order chi connectivity index (χ0) is 13.6. The largest absolute Gasteiger partial charge is 0.401 e. The number of nitrogens with zero attached hydrogens (tertiary/aromatic N) is 1. The number of ether oxygens (including phenoxy) is 1. The number of carbonyl (C=O) groups is 1. The lowest BCUT2D eigenvalue weighted by molar-refractivity contribution is -0.258. The molecule has 2 bridgehead atoms. The number of carbonyl (C=O) groups excluding carboxylic acids is 1. The number of ketones is 1. The van der Waals surface area contributed by atoms with Crippen molar-refractivity contribution in [1.82, 2.24) is 4.90 Å². The number of hydrogen-bond acceptors (Lipinski definition) is 4. The van der Waals surface area contributed by atoms with Crippen molar-refractivity contribution in [2.45, 2.75) is 24.6 Å².